The maximum atomic E-state index is 12.2. The predicted octanol–water partition coefficient (Wildman–Crippen LogP) is 3.64. The minimum atomic E-state index is -3.01. The molecule has 0 aliphatic carbocycles. The summed E-state index contributed by atoms with van der Waals surface area (Å²) in [4.78, 5) is 0. The number of hydrogen-bond acceptors (Lipinski definition) is 3. The van der Waals surface area contributed by atoms with Gasteiger partial charge < -0.3 is 5.32 Å². The minimum absolute atomic E-state index is 0.0815. The predicted molar refractivity (Wildman–Crippen MR) is 88.9 cm³/mol. The Bertz CT molecular complexity index is 372. The second kappa shape index (κ2) is 7.26. The maximum Gasteiger partial charge on any atom is 0.155 e. The van der Waals surface area contributed by atoms with Gasteiger partial charge in [-0.05, 0) is 72.8 Å². The van der Waals surface area contributed by atoms with Crippen molar-refractivity contribution in [2.24, 2.45) is 11.8 Å². The van der Waals surface area contributed by atoms with Crippen LogP contribution in [0.1, 0.15) is 68.2 Å². The van der Waals surface area contributed by atoms with E-state index < -0.39 is 14.6 Å². The molecule has 20 heavy (non-hydrogen) atoms. The minimum Gasteiger partial charge on any atom is -0.312 e. The molecular formula is C16H35NO2S. The Morgan fingerprint density at radius 1 is 1.00 bits per heavy atom. The van der Waals surface area contributed by atoms with E-state index in [4.69, 9.17) is 0 Å². The smallest absolute Gasteiger partial charge is 0.155 e. The molecule has 0 bridgehead atoms. The first-order valence-electron chi connectivity index (χ1n) is 7.72. The maximum absolute atomic E-state index is 12.2. The third-order valence-electron chi connectivity index (χ3n) is 3.45. The van der Waals surface area contributed by atoms with Crippen LogP contribution in [0.5, 0.6) is 0 Å². The molecule has 0 saturated heterocycles. The Balaban J connectivity index is 4.60. The van der Waals surface area contributed by atoms with Crippen LogP contribution in [-0.4, -0.2) is 31.0 Å². The van der Waals surface area contributed by atoms with E-state index in [0.29, 0.717) is 17.6 Å². The van der Waals surface area contributed by atoms with Crippen LogP contribution >= 0.6 is 0 Å². The molecule has 3 nitrogen and oxygen atoms in total. The zero-order chi connectivity index (χ0) is 16.2. The van der Waals surface area contributed by atoms with Gasteiger partial charge in [-0.3, -0.25) is 0 Å². The van der Waals surface area contributed by atoms with Crippen LogP contribution in [0.2, 0.25) is 0 Å². The van der Waals surface area contributed by atoms with Crippen molar-refractivity contribution in [1.82, 2.24) is 5.32 Å². The second-order valence-corrected chi connectivity index (χ2v) is 11.2. The Morgan fingerprint density at radius 2 is 1.50 bits per heavy atom. The molecular weight excluding hydrogens is 270 g/mol. The summed E-state index contributed by atoms with van der Waals surface area (Å²) >= 11 is 0. The first kappa shape index (κ1) is 19.9. The standard InChI is InChI=1S/C16H35NO2S/c1-13(2)11-14(12-17-15(3,4)5)9-10-20(18,19)16(6,7)8/h13-14,17H,9-12H2,1-8H3. The van der Waals surface area contributed by atoms with Gasteiger partial charge >= 0.3 is 0 Å². The van der Waals surface area contributed by atoms with Crippen molar-refractivity contribution < 1.29 is 8.42 Å². The molecule has 0 aliphatic rings. The SMILES string of the molecule is CC(C)CC(CCS(=O)(=O)C(C)(C)C)CNC(C)(C)C. The Hall–Kier alpha value is -0.0900. The van der Waals surface area contributed by atoms with Gasteiger partial charge in [-0.15, -0.1) is 0 Å². The van der Waals surface area contributed by atoms with Crippen LogP contribution in [0.4, 0.5) is 0 Å². The highest BCUT2D eigenvalue weighted by molar-refractivity contribution is 7.92. The number of hydrogen-bond donors (Lipinski definition) is 1. The second-order valence-electron chi connectivity index (χ2n) is 8.35. The third-order valence-corrected chi connectivity index (χ3v) is 6.09. The normalized spacial score (nSPS) is 15.7. The molecule has 0 aromatic heterocycles. The van der Waals surface area contributed by atoms with E-state index in [1.807, 2.05) is 0 Å². The molecule has 0 radical (unpaired) electrons. The number of nitrogens with one attached hydrogen (secondary N) is 1. The fourth-order valence-corrected chi connectivity index (χ4v) is 3.30. The number of sulfone groups is 1. The third kappa shape index (κ3) is 8.25. The van der Waals surface area contributed by atoms with Crippen LogP contribution in [0.15, 0.2) is 0 Å². The molecule has 0 fully saturated rings. The molecule has 0 rings (SSSR count). The monoisotopic (exact) mass is 305 g/mol. The van der Waals surface area contributed by atoms with Gasteiger partial charge in [0.1, 0.15) is 0 Å². The molecule has 0 aliphatic heterocycles. The zero-order valence-corrected chi connectivity index (χ0v) is 15.5. The van der Waals surface area contributed by atoms with E-state index in [0.717, 1.165) is 19.4 Å². The molecule has 1 N–H and O–H groups in total. The van der Waals surface area contributed by atoms with E-state index in [1.54, 1.807) is 20.8 Å². The first-order valence-corrected chi connectivity index (χ1v) is 9.37. The first-order chi connectivity index (χ1) is 8.74. The van der Waals surface area contributed by atoms with Crippen molar-refractivity contribution in [3.05, 3.63) is 0 Å². The van der Waals surface area contributed by atoms with E-state index in [9.17, 15) is 8.42 Å². The van der Waals surface area contributed by atoms with Gasteiger partial charge in [0.15, 0.2) is 9.84 Å². The zero-order valence-electron chi connectivity index (χ0n) is 14.7. The van der Waals surface area contributed by atoms with Gasteiger partial charge in [0.25, 0.3) is 0 Å². The van der Waals surface area contributed by atoms with E-state index in [-0.39, 0.29) is 5.54 Å². The molecule has 0 heterocycles. The Morgan fingerprint density at radius 3 is 1.85 bits per heavy atom. The average Bonchev–Trinajstić information content (AvgIpc) is 2.18. The van der Waals surface area contributed by atoms with Crippen molar-refractivity contribution >= 4 is 9.84 Å². The summed E-state index contributed by atoms with van der Waals surface area (Å²) in [6.07, 6.45) is 1.82. The lowest BCUT2D eigenvalue weighted by molar-refractivity contribution is 0.326. The molecule has 1 unspecified atom stereocenters. The lowest BCUT2D eigenvalue weighted by atomic mass is 9.94. The summed E-state index contributed by atoms with van der Waals surface area (Å²) in [5.74, 6) is 1.31. The van der Waals surface area contributed by atoms with E-state index >= 15 is 0 Å². The highest BCUT2D eigenvalue weighted by Gasteiger charge is 2.29. The average molecular weight is 306 g/mol. The fourth-order valence-electron chi connectivity index (χ4n) is 2.05. The lowest BCUT2D eigenvalue weighted by Crippen LogP contribution is -2.40. The van der Waals surface area contributed by atoms with Crippen molar-refractivity contribution in [3.8, 4) is 0 Å². The van der Waals surface area contributed by atoms with Crippen LogP contribution < -0.4 is 5.32 Å². The van der Waals surface area contributed by atoms with Crippen molar-refractivity contribution in [1.29, 1.82) is 0 Å². The van der Waals surface area contributed by atoms with Gasteiger partial charge in [0.2, 0.25) is 0 Å². The molecule has 122 valence electrons. The summed E-state index contributed by atoms with van der Waals surface area (Å²) in [5, 5.41) is 3.51. The molecule has 0 aromatic carbocycles. The van der Waals surface area contributed by atoms with Crippen LogP contribution in [0.3, 0.4) is 0 Å². The molecule has 0 amide bonds. The highest BCUT2D eigenvalue weighted by Crippen LogP contribution is 2.22. The summed E-state index contributed by atoms with van der Waals surface area (Å²) in [6, 6.07) is 0. The van der Waals surface area contributed by atoms with E-state index in [1.165, 1.54) is 0 Å². The van der Waals surface area contributed by atoms with Crippen molar-refractivity contribution in [2.75, 3.05) is 12.3 Å². The van der Waals surface area contributed by atoms with Gasteiger partial charge in [-0.25, -0.2) is 8.42 Å². The Kier molecular flexibility index (Phi) is 7.22. The highest BCUT2D eigenvalue weighted by atomic mass is 32.2. The summed E-state index contributed by atoms with van der Waals surface area (Å²) in [6.45, 7) is 17.1. The Labute approximate surface area is 126 Å². The molecule has 4 heteroatoms. The van der Waals surface area contributed by atoms with Crippen molar-refractivity contribution in [3.63, 3.8) is 0 Å². The van der Waals surface area contributed by atoms with Gasteiger partial charge in [0.05, 0.1) is 10.5 Å². The summed E-state index contributed by atoms with van der Waals surface area (Å²) in [7, 11) is -3.01. The topological polar surface area (TPSA) is 46.2 Å². The summed E-state index contributed by atoms with van der Waals surface area (Å²) in [5.41, 5.74) is 0.0815. The molecule has 0 spiro atoms. The fraction of sp³-hybridized carbons (Fsp3) is 1.00. The molecule has 1 atom stereocenters. The van der Waals surface area contributed by atoms with Gasteiger partial charge in [-0.2, -0.15) is 0 Å². The van der Waals surface area contributed by atoms with E-state index in [2.05, 4.69) is 39.9 Å². The lowest BCUT2D eigenvalue weighted by Gasteiger charge is -2.27. The quantitative estimate of drug-likeness (QED) is 0.781. The largest absolute Gasteiger partial charge is 0.312 e. The van der Waals surface area contributed by atoms with Gasteiger partial charge in [0, 0.05) is 5.54 Å². The van der Waals surface area contributed by atoms with Crippen molar-refractivity contribution in [2.45, 2.75) is 78.5 Å². The van der Waals surface area contributed by atoms with Gasteiger partial charge in [-0.1, -0.05) is 13.8 Å². The summed E-state index contributed by atoms with van der Waals surface area (Å²) < 4.78 is 23.8. The molecule has 0 aromatic rings. The van der Waals surface area contributed by atoms with Crippen LogP contribution in [-0.2, 0) is 9.84 Å². The van der Waals surface area contributed by atoms with Crippen LogP contribution in [0.25, 0.3) is 0 Å². The number of rotatable bonds is 7. The molecule has 0 saturated carbocycles. The van der Waals surface area contributed by atoms with Crippen LogP contribution in [0, 0.1) is 11.8 Å².